The van der Waals surface area contributed by atoms with Crippen LogP contribution in [0.5, 0.6) is 0 Å². The highest BCUT2D eigenvalue weighted by Crippen LogP contribution is 2.17. The quantitative estimate of drug-likeness (QED) is 0.875. The molecule has 2 rings (SSSR count). The predicted octanol–water partition coefficient (Wildman–Crippen LogP) is 3.23. The molecule has 1 N–H and O–H groups in total. The van der Waals surface area contributed by atoms with Crippen molar-refractivity contribution in [1.82, 2.24) is 0 Å². The van der Waals surface area contributed by atoms with E-state index < -0.39 is 10.0 Å². The van der Waals surface area contributed by atoms with E-state index in [1.165, 1.54) is 0 Å². The van der Waals surface area contributed by atoms with Crippen LogP contribution < -0.4 is 4.72 Å². The fraction of sp³-hybridized carbons (Fsp3) is 0.0769. The summed E-state index contributed by atoms with van der Waals surface area (Å²) in [5.74, 6) is 0.286. The van der Waals surface area contributed by atoms with E-state index in [1.54, 1.807) is 48.5 Å². The van der Waals surface area contributed by atoms with Gasteiger partial charge in [-0.05, 0) is 29.8 Å². The molecule has 0 unspecified atom stereocenters. The molecule has 94 valence electrons. The van der Waals surface area contributed by atoms with Gasteiger partial charge >= 0.3 is 0 Å². The van der Waals surface area contributed by atoms with Crippen LogP contribution >= 0.6 is 11.6 Å². The SMILES string of the molecule is O=S(=O)(Nc1ccccc1)c1cccc(CCl)c1. The molecule has 0 aliphatic heterocycles. The van der Waals surface area contributed by atoms with Gasteiger partial charge in [-0.15, -0.1) is 11.6 Å². The van der Waals surface area contributed by atoms with Crippen LogP contribution in [0.3, 0.4) is 0 Å². The molecule has 0 saturated heterocycles. The van der Waals surface area contributed by atoms with Gasteiger partial charge in [0, 0.05) is 11.6 Å². The number of nitrogens with one attached hydrogen (secondary N) is 1. The summed E-state index contributed by atoms with van der Waals surface area (Å²) in [7, 11) is -3.55. The van der Waals surface area contributed by atoms with Gasteiger partial charge in [-0.3, -0.25) is 4.72 Å². The smallest absolute Gasteiger partial charge is 0.261 e. The lowest BCUT2D eigenvalue weighted by atomic mass is 10.2. The Morgan fingerprint density at radius 1 is 1.00 bits per heavy atom. The van der Waals surface area contributed by atoms with Crippen LogP contribution in [-0.4, -0.2) is 8.42 Å². The molecular formula is C13H12ClNO2S. The first kappa shape index (κ1) is 12.9. The standard InChI is InChI=1S/C13H12ClNO2S/c14-10-11-5-4-8-13(9-11)18(16,17)15-12-6-2-1-3-7-12/h1-9,15H,10H2. The molecule has 0 aliphatic rings. The number of sulfonamides is 1. The summed E-state index contributed by atoms with van der Waals surface area (Å²) >= 11 is 5.69. The van der Waals surface area contributed by atoms with E-state index in [4.69, 9.17) is 11.6 Å². The number of anilines is 1. The molecule has 0 spiro atoms. The summed E-state index contributed by atoms with van der Waals surface area (Å²) in [5.41, 5.74) is 1.31. The van der Waals surface area contributed by atoms with Gasteiger partial charge in [0.15, 0.2) is 0 Å². The van der Waals surface area contributed by atoms with Crippen molar-refractivity contribution in [3.8, 4) is 0 Å². The molecule has 18 heavy (non-hydrogen) atoms. The zero-order valence-corrected chi connectivity index (χ0v) is 11.1. The number of hydrogen-bond donors (Lipinski definition) is 1. The molecule has 0 heterocycles. The van der Waals surface area contributed by atoms with Crippen molar-refractivity contribution in [2.75, 3.05) is 4.72 Å². The second-order valence-corrected chi connectivity index (χ2v) is 5.70. The fourth-order valence-electron chi connectivity index (χ4n) is 1.52. The lowest BCUT2D eigenvalue weighted by molar-refractivity contribution is 0.601. The maximum absolute atomic E-state index is 12.1. The third kappa shape index (κ3) is 3.03. The second-order valence-electron chi connectivity index (χ2n) is 3.75. The monoisotopic (exact) mass is 281 g/mol. The summed E-state index contributed by atoms with van der Waals surface area (Å²) in [6, 6.07) is 15.3. The Balaban J connectivity index is 2.31. The molecule has 5 heteroatoms. The molecule has 0 aromatic heterocycles. The maximum atomic E-state index is 12.1. The first-order valence-corrected chi connectivity index (χ1v) is 7.36. The zero-order chi connectivity index (χ0) is 13.0. The maximum Gasteiger partial charge on any atom is 0.261 e. The van der Waals surface area contributed by atoms with E-state index in [2.05, 4.69) is 4.72 Å². The Bertz CT molecular complexity index is 626. The molecule has 0 bridgehead atoms. The van der Waals surface area contributed by atoms with E-state index in [0.29, 0.717) is 5.69 Å². The lowest BCUT2D eigenvalue weighted by Crippen LogP contribution is -2.12. The van der Waals surface area contributed by atoms with Gasteiger partial charge in [0.05, 0.1) is 4.90 Å². The average molecular weight is 282 g/mol. The topological polar surface area (TPSA) is 46.2 Å². The molecule has 2 aromatic carbocycles. The number of alkyl halides is 1. The van der Waals surface area contributed by atoms with Gasteiger partial charge in [-0.2, -0.15) is 0 Å². The Kier molecular flexibility index (Phi) is 3.89. The molecule has 0 aliphatic carbocycles. The van der Waals surface area contributed by atoms with Crippen molar-refractivity contribution in [1.29, 1.82) is 0 Å². The van der Waals surface area contributed by atoms with E-state index in [9.17, 15) is 8.42 Å². The minimum absolute atomic E-state index is 0.213. The van der Waals surface area contributed by atoms with Crippen molar-refractivity contribution in [3.63, 3.8) is 0 Å². The second kappa shape index (κ2) is 5.42. The minimum atomic E-state index is -3.55. The predicted molar refractivity (Wildman–Crippen MR) is 73.2 cm³/mol. The van der Waals surface area contributed by atoms with Gasteiger partial charge in [0.2, 0.25) is 0 Å². The van der Waals surface area contributed by atoms with E-state index in [1.807, 2.05) is 6.07 Å². The van der Waals surface area contributed by atoms with Crippen LogP contribution in [0.25, 0.3) is 0 Å². The van der Waals surface area contributed by atoms with Crippen LogP contribution in [0, 0.1) is 0 Å². The third-order valence-electron chi connectivity index (χ3n) is 2.39. The van der Waals surface area contributed by atoms with Crippen molar-refractivity contribution in [2.45, 2.75) is 10.8 Å². The molecule has 0 radical (unpaired) electrons. The fourth-order valence-corrected chi connectivity index (χ4v) is 2.81. The molecule has 0 atom stereocenters. The number of rotatable bonds is 4. The number of halogens is 1. The number of benzene rings is 2. The van der Waals surface area contributed by atoms with E-state index in [-0.39, 0.29) is 10.8 Å². The third-order valence-corrected chi connectivity index (χ3v) is 4.08. The van der Waals surface area contributed by atoms with Crippen molar-refractivity contribution in [3.05, 3.63) is 60.2 Å². The Labute approximate surface area is 111 Å². The van der Waals surface area contributed by atoms with Crippen LogP contribution in [0.1, 0.15) is 5.56 Å². The van der Waals surface area contributed by atoms with E-state index >= 15 is 0 Å². The molecule has 0 amide bonds. The van der Waals surface area contributed by atoms with Crippen LogP contribution in [0.2, 0.25) is 0 Å². The normalized spacial score (nSPS) is 11.2. The highest BCUT2D eigenvalue weighted by molar-refractivity contribution is 7.92. The molecule has 0 saturated carbocycles. The summed E-state index contributed by atoms with van der Waals surface area (Å²) in [6.45, 7) is 0. The Morgan fingerprint density at radius 2 is 1.72 bits per heavy atom. The lowest BCUT2D eigenvalue weighted by Gasteiger charge is -2.08. The van der Waals surface area contributed by atoms with Gasteiger partial charge < -0.3 is 0 Å². The summed E-state index contributed by atoms with van der Waals surface area (Å²) in [4.78, 5) is 0.213. The summed E-state index contributed by atoms with van der Waals surface area (Å²) < 4.78 is 26.7. The highest BCUT2D eigenvalue weighted by atomic mass is 35.5. The highest BCUT2D eigenvalue weighted by Gasteiger charge is 2.14. The summed E-state index contributed by atoms with van der Waals surface area (Å²) in [5, 5.41) is 0. The first-order valence-electron chi connectivity index (χ1n) is 5.34. The molecule has 0 fully saturated rings. The average Bonchev–Trinajstić information content (AvgIpc) is 2.39. The molecule has 2 aromatic rings. The van der Waals surface area contributed by atoms with Crippen LogP contribution in [0.15, 0.2) is 59.5 Å². The van der Waals surface area contributed by atoms with Gasteiger partial charge in [-0.1, -0.05) is 30.3 Å². The molecular weight excluding hydrogens is 270 g/mol. The van der Waals surface area contributed by atoms with Gasteiger partial charge in [0.25, 0.3) is 10.0 Å². The Hall–Kier alpha value is -1.52. The summed E-state index contributed by atoms with van der Waals surface area (Å²) in [6.07, 6.45) is 0. The van der Waals surface area contributed by atoms with Crippen molar-refractivity contribution >= 4 is 27.3 Å². The minimum Gasteiger partial charge on any atom is -0.280 e. The van der Waals surface area contributed by atoms with Crippen molar-refractivity contribution in [2.24, 2.45) is 0 Å². The van der Waals surface area contributed by atoms with E-state index in [0.717, 1.165) is 5.56 Å². The van der Waals surface area contributed by atoms with Crippen molar-refractivity contribution < 1.29 is 8.42 Å². The first-order chi connectivity index (χ1) is 8.62. The zero-order valence-electron chi connectivity index (χ0n) is 9.51. The largest absolute Gasteiger partial charge is 0.280 e. The number of para-hydroxylation sites is 1. The van der Waals surface area contributed by atoms with Gasteiger partial charge in [0.1, 0.15) is 0 Å². The number of hydrogen-bond acceptors (Lipinski definition) is 2. The Morgan fingerprint density at radius 3 is 2.39 bits per heavy atom. The molecule has 3 nitrogen and oxygen atoms in total. The van der Waals surface area contributed by atoms with Gasteiger partial charge in [-0.25, -0.2) is 8.42 Å². The van der Waals surface area contributed by atoms with Crippen LogP contribution in [0.4, 0.5) is 5.69 Å². The van der Waals surface area contributed by atoms with Crippen LogP contribution in [-0.2, 0) is 15.9 Å².